The Hall–Kier alpha value is -1.55. The van der Waals surface area contributed by atoms with Crippen molar-refractivity contribution in [3.8, 4) is 0 Å². The van der Waals surface area contributed by atoms with Gasteiger partial charge < -0.3 is 10.2 Å². The van der Waals surface area contributed by atoms with Crippen LogP contribution < -0.4 is 5.32 Å². The Kier molecular flexibility index (Phi) is 4.15. The first-order valence-corrected chi connectivity index (χ1v) is 7.99. The van der Waals surface area contributed by atoms with Crippen LogP contribution in [-0.4, -0.2) is 55.0 Å². The lowest BCUT2D eigenvalue weighted by Gasteiger charge is -2.36. The first kappa shape index (κ1) is 14.4. The number of fused-ring (bicyclic) bond motifs is 1. The van der Waals surface area contributed by atoms with Gasteiger partial charge in [-0.15, -0.1) is 0 Å². The van der Waals surface area contributed by atoms with Crippen molar-refractivity contribution in [2.75, 3.05) is 44.6 Å². The molecule has 0 aliphatic carbocycles. The largest absolute Gasteiger partial charge is 0.384 e. The van der Waals surface area contributed by atoms with Crippen LogP contribution >= 0.6 is 0 Å². The van der Waals surface area contributed by atoms with Crippen LogP contribution in [0.5, 0.6) is 0 Å². The molecule has 2 aliphatic heterocycles. The highest BCUT2D eigenvalue weighted by atomic mass is 16.2. The second kappa shape index (κ2) is 6.06. The van der Waals surface area contributed by atoms with Gasteiger partial charge in [0.05, 0.1) is 5.92 Å². The molecule has 0 spiro atoms. The summed E-state index contributed by atoms with van der Waals surface area (Å²) in [5.41, 5.74) is 2.28. The summed E-state index contributed by atoms with van der Waals surface area (Å²) >= 11 is 0. The van der Waals surface area contributed by atoms with Gasteiger partial charge in [-0.1, -0.05) is 32.0 Å². The zero-order chi connectivity index (χ0) is 14.8. The van der Waals surface area contributed by atoms with E-state index in [0.717, 1.165) is 50.5 Å². The normalized spacial score (nSPS) is 22.2. The van der Waals surface area contributed by atoms with E-state index in [1.165, 1.54) is 0 Å². The first-order chi connectivity index (χ1) is 10.1. The predicted octanol–water partition coefficient (Wildman–Crippen LogP) is 2.00. The third-order valence-corrected chi connectivity index (χ3v) is 4.44. The lowest BCUT2D eigenvalue weighted by atomic mass is 9.99. The highest BCUT2D eigenvalue weighted by Crippen LogP contribution is 2.32. The fourth-order valence-electron chi connectivity index (χ4n) is 3.39. The van der Waals surface area contributed by atoms with Crippen LogP contribution in [0.1, 0.15) is 25.3 Å². The van der Waals surface area contributed by atoms with Gasteiger partial charge in [-0.25, -0.2) is 0 Å². The van der Waals surface area contributed by atoms with Gasteiger partial charge in [-0.2, -0.15) is 0 Å². The van der Waals surface area contributed by atoms with Crippen molar-refractivity contribution in [2.45, 2.75) is 19.8 Å². The van der Waals surface area contributed by atoms with Crippen LogP contribution in [0.25, 0.3) is 0 Å². The quantitative estimate of drug-likeness (QED) is 0.923. The van der Waals surface area contributed by atoms with Gasteiger partial charge >= 0.3 is 0 Å². The van der Waals surface area contributed by atoms with Gasteiger partial charge in [-0.05, 0) is 17.5 Å². The molecule has 2 heterocycles. The summed E-state index contributed by atoms with van der Waals surface area (Å²) in [6.07, 6.45) is 0. The minimum absolute atomic E-state index is 0.00199. The fraction of sp³-hybridized carbons (Fsp3) is 0.588. The molecule has 1 unspecified atom stereocenters. The minimum atomic E-state index is -0.00199. The van der Waals surface area contributed by atoms with E-state index in [-0.39, 0.29) is 11.8 Å². The summed E-state index contributed by atoms with van der Waals surface area (Å²) in [5.74, 6) is 0.979. The van der Waals surface area contributed by atoms with Crippen LogP contribution in [0.15, 0.2) is 24.3 Å². The van der Waals surface area contributed by atoms with Crippen LogP contribution in [0.2, 0.25) is 0 Å². The van der Waals surface area contributed by atoms with Crippen molar-refractivity contribution in [3.05, 3.63) is 29.8 Å². The van der Waals surface area contributed by atoms with E-state index >= 15 is 0 Å². The highest BCUT2D eigenvalue weighted by molar-refractivity contribution is 5.88. The Morgan fingerprint density at radius 2 is 1.95 bits per heavy atom. The number of nitrogens with one attached hydrogen (secondary N) is 1. The van der Waals surface area contributed by atoms with Gasteiger partial charge in [-0.3, -0.25) is 9.69 Å². The zero-order valence-electron chi connectivity index (χ0n) is 13.0. The topological polar surface area (TPSA) is 35.6 Å². The van der Waals surface area contributed by atoms with E-state index < -0.39 is 0 Å². The molecule has 1 saturated heterocycles. The summed E-state index contributed by atoms with van der Waals surface area (Å²) in [6.45, 7) is 10.1. The fourth-order valence-corrected chi connectivity index (χ4v) is 3.39. The van der Waals surface area contributed by atoms with Crippen LogP contribution in [0.3, 0.4) is 0 Å². The van der Waals surface area contributed by atoms with Gasteiger partial charge in [0.2, 0.25) is 5.91 Å². The molecule has 0 radical (unpaired) electrons. The van der Waals surface area contributed by atoms with Gasteiger partial charge in [0.15, 0.2) is 0 Å². The van der Waals surface area contributed by atoms with Crippen molar-refractivity contribution in [3.63, 3.8) is 0 Å². The van der Waals surface area contributed by atoms with Crippen LogP contribution in [0.4, 0.5) is 5.69 Å². The van der Waals surface area contributed by atoms with Crippen LogP contribution in [-0.2, 0) is 4.79 Å². The van der Waals surface area contributed by atoms with Gasteiger partial charge in [0.1, 0.15) is 0 Å². The molecule has 1 amide bonds. The summed E-state index contributed by atoms with van der Waals surface area (Å²) in [5, 5.41) is 3.35. The second-order valence-corrected chi connectivity index (χ2v) is 6.54. The van der Waals surface area contributed by atoms with E-state index in [9.17, 15) is 4.79 Å². The zero-order valence-corrected chi connectivity index (χ0v) is 13.0. The molecule has 114 valence electrons. The maximum absolute atomic E-state index is 12.8. The van der Waals surface area contributed by atoms with E-state index in [0.29, 0.717) is 5.92 Å². The van der Waals surface area contributed by atoms with Crippen molar-refractivity contribution in [2.24, 2.45) is 5.92 Å². The number of piperazine rings is 1. The lowest BCUT2D eigenvalue weighted by molar-refractivity contribution is -0.134. The molecule has 4 heteroatoms. The molecule has 21 heavy (non-hydrogen) atoms. The standard InChI is InChI=1S/C17H25N3O/c1-13(2)12-19-7-9-20(10-8-19)17(21)15-11-18-16-6-4-3-5-14(15)16/h3-6,13,15,18H,7-12H2,1-2H3. The molecular formula is C17H25N3O. The monoisotopic (exact) mass is 287 g/mol. The van der Waals surface area contributed by atoms with Crippen molar-refractivity contribution >= 4 is 11.6 Å². The van der Waals surface area contributed by atoms with E-state index in [2.05, 4.69) is 36.2 Å². The molecule has 1 atom stereocenters. The van der Waals surface area contributed by atoms with Crippen molar-refractivity contribution in [1.29, 1.82) is 0 Å². The number of para-hydroxylation sites is 1. The summed E-state index contributed by atoms with van der Waals surface area (Å²) < 4.78 is 0. The van der Waals surface area contributed by atoms with E-state index in [1.807, 2.05) is 17.0 Å². The van der Waals surface area contributed by atoms with E-state index in [4.69, 9.17) is 0 Å². The number of rotatable bonds is 3. The number of hydrogen-bond donors (Lipinski definition) is 1. The van der Waals surface area contributed by atoms with Gasteiger partial charge in [0, 0.05) is 45.0 Å². The maximum atomic E-state index is 12.8. The maximum Gasteiger partial charge on any atom is 0.232 e. The van der Waals surface area contributed by atoms with Crippen molar-refractivity contribution < 1.29 is 4.79 Å². The van der Waals surface area contributed by atoms with E-state index in [1.54, 1.807) is 0 Å². The lowest BCUT2D eigenvalue weighted by Crippen LogP contribution is -2.50. The molecule has 1 aromatic rings. The molecule has 1 aromatic carbocycles. The number of carbonyl (C=O) groups is 1. The van der Waals surface area contributed by atoms with Crippen LogP contribution in [0, 0.1) is 5.92 Å². The first-order valence-electron chi connectivity index (χ1n) is 7.99. The SMILES string of the molecule is CC(C)CN1CCN(C(=O)C2CNc3ccccc32)CC1. The molecule has 0 bridgehead atoms. The Morgan fingerprint density at radius 3 is 2.67 bits per heavy atom. The highest BCUT2D eigenvalue weighted by Gasteiger charge is 2.32. The Bertz CT molecular complexity index is 507. The Labute approximate surface area is 127 Å². The number of benzene rings is 1. The summed E-state index contributed by atoms with van der Waals surface area (Å²) in [6, 6.07) is 8.17. The smallest absolute Gasteiger partial charge is 0.232 e. The Morgan fingerprint density at radius 1 is 1.24 bits per heavy atom. The number of amides is 1. The minimum Gasteiger partial charge on any atom is -0.384 e. The third kappa shape index (κ3) is 3.05. The number of anilines is 1. The molecule has 0 aromatic heterocycles. The summed E-state index contributed by atoms with van der Waals surface area (Å²) in [4.78, 5) is 17.3. The Balaban J connectivity index is 1.61. The van der Waals surface area contributed by atoms with Gasteiger partial charge in [0.25, 0.3) is 0 Å². The molecule has 4 nitrogen and oxygen atoms in total. The predicted molar refractivity (Wildman–Crippen MR) is 85.5 cm³/mol. The average molecular weight is 287 g/mol. The molecule has 1 N–H and O–H groups in total. The number of carbonyl (C=O) groups excluding carboxylic acids is 1. The third-order valence-electron chi connectivity index (χ3n) is 4.44. The molecule has 2 aliphatic rings. The number of hydrogen-bond acceptors (Lipinski definition) is 3. The average Bonchev–Trinajstić information content (AvgIpc) is 2.90. The molecular weight excluding hydrogens is 262 g/mol. The molecule has 3 rings (SSSR count). The molecule has 1 fully saturated rings. The second-order valence-electron chi connectivity index (χ2n) is 6.54. The summed E-state index contributed by atoms with van der Waals surface area (Å²) in [7, 11) is 0. The molecule has 0 saturated carbocycles. The number of nitrogens with zero attached hydrogens (tertiary/aromatic N) is 2. The van der Waals surface area contributed by atoms with Crippen molar-refractivity contribution in [1.82, 2.24) is 9.80 Å².